The van der Waals surface area contributed by atoms with E-state index in [4.69, 9.17) is 4.74 Å². The number of amides is 1. The number of benzene rings is 2. The maximum Gasteiger partial charge on any atom is 0.261 e. The van der Waals surface area contributed by atoms with Gasteiger partial charge in [0.25, 0.3) is 11.5 Å². The Labute approximate surface area is 182 Å². The second-order valence-electron chi connectivity index (χ2n) is 8.26. The maximum atomic E-state index is 12.9. The fourth-order valence-electron chi connectivity index (χ4n) is 4.05. The molecule has 6 nitrogen and oxygen atoms in total. The molecule has 1 N–H and O–H groups in total. The van der Waals surface area contributed by atoms with E-state index < -0.39 is 0 Å². The van der Waals surface area contributed by atoms with Gasteiger partial charge in [-0.15, -0.1) is 0 Å². The lowest BCUT2D eigenvalue weighted by Gasteiger charge is -2.15. The van der Waals surface area contributed by atoms with E-state index in [1.807, 2.05) is 25.1 Å². The number of nitrogens with zero attached hydrogens (tertiary/aromatic N) is 2. The second kappa shape index (κ2) is 9.77. The van der Waals surface area contributed by atoms with Crippen LogP contribution in [0.4, 0.5) is 0 Å². The van der Waals surface area contributed by atoms with Crippen molar-refractivity contribution < 1.29 is 9.53 Å². The number of carbonyl (C=O) groups excluding carboxylic acids is 1. The van der Waals surface area contributed by atoms with Gasteiger partial charge in [-0.3, -0.25) is 14.2 Å². The molecule has 4 rings (SSSR count). The van der Waals surface area contributed by atoms with Gasteiger partial charge in [0, 0.05) is 19.0 Å². The predicted molar refractivity (Wildman–Crippen MR) is 121 cm³/mol. The molecule has 1 unspecified atom stereocenters. The highest BCUT2D eigenvalue weighted by molar-refractivity contribution is 5.80. The Morgan fingerprint density at radius 1 is 1.16 bits per heavy atom. The van der Waals surface area contributed by atoms with Crippen LogP contribution in [0.5, 0.6) is 5.75 Å². The van der Waals surface area contributed by atoms with Crippen molar-refractivity contribution in [3.8, 4) is 5.75 Å². The van der Waals surface area contributed by atoms with Crippen molar-refractivity contribution in [2.24, 2.45) is 0 Å². The van der Waals surface area contributed by atoms with Gasteiger partial charge in [-0.25, -0.2) is 4.98 Å². The number of hydrogen-bond acceptors (Lipinski definition) is 4. The first-order valence-electron chi connectivity index (χ1n) is 11.1. The highest BCUT2D eigenvalue weighted by Crippen LogP contribution is 2.19. The average Bonchev–Trinajstić information content (AvgIpc) is 3.03. The molecular weight excluding hydrogens is 390 g/mol. The van der Waals surface area contributed by atoms with Crippen molar-refractivity contribution in [3.05, 3.63) is 70.3 Å². The number of carbonyl (C=O) groups is 1. The van der Waals surface area contributed by atoms with E-state index in [1.165, 1.54) is 5.56 Å². The van der Waals surface area contributed by atoms with Crippen LogP contribution in [0.2, 0.25) is 0 Å². The van der Waals surface area contributed by atoms with Crippen molar-refractivity contribution >= 4 is 16.8 Å². The SMILES string of the molecule is CC(CCc1ccccc1)NC(=O)COc1ccc2nc3n(c(=O)c2c1)CCCCC3. The zero-order chi connectivity index (χ0) is 21.6. The van der Waals surface area contributed by atoms with E-state index in [0.29, 0.717) is 23.2 Å². The molecule has 1 amide bonds. The van der Waals surface area contributed by atoms with Gasteiger partial charge in [-0.05, 0) is 56.4 Å². The molecule has 0 saturated carbocycles. The molecule has 0 aliphatic carbocycles. The Morgan fingerprint density at radius 2 is 2.00 bits per heavy atom. The van der Waals surface area contributed by atoms with E-state index >= 15 is 0 Å². The molecule has 1 atom stereocenters. The summed E-state index contributed by atoms with van der Waals surface area (Å²) < 4.78 is 7.47. The highest BCUT2D eigenvalue weighted by Gasteiger charge is 2.15. The van der Waals surface area contributed by atoms with Crippen LogP contribution in [-0.2, 0) is 24.2 Å². The molecule has 1 aromatic heterocycles. The molecule has 0 saturated heterocycles. The van der Waals surface area contributed by atoms with Crippen LogP contribution in [0.1, 0.15) is 44.0 Å². The van der Waals surface area contributed by atoms with Gasteiger partial charge in [0.1, 0.15) is 11.6 Å². The maximum absolute atomic E-state index is 12.9. The van der Waals surface area contributed by atoms with Crippen LogP contribution >= 0.6 is 0 Å². The summed E-state index contributed by atoms with van der Waals surface area (Å²) in [5, 5.41) is 3.52. The number of aromatic nitrogens is 2. The zero-order valence-corrected chi connectivity index (χ0v) is 18.0. The van der Waals surface area contributed by atoms with Crippen molar-refractivity contribution in [3.63, 3.8) is 0 Å². The van der Waals surface area contributed by atoms with Gasteiger partial charge in [-0.2, -0.15) is 0 Å². The summed E-state index contributed by atoms with van der Waals surface area (Å²) in [7, 11) is 0. The quantitative estimate of drug-likeness (QED) is 0.635. The van der Waals surface area contributed by atoms with Gasteiger partial charge in [0.05, 0.1) is 10.9 Å². The molecular formula is C25H29N3O3. The third kappa shape index (κ3) is 5.32. The molecule has 1 aliphatic rings. The molecule has 0 spiro atoms. The Morgan fingerprint density at radius 3 is 2.84 bits per heavy atom. The normalized spacial score (nSPS) is 14.5. The van der Waals surface area contributed by atoms with E-state index in [-0.39, 0.29) is 24.1 Å². The summed E-state index contributed by atoms with van der Waals surface area (Å²) in [5.41, 5.74) is 1.92. The van der Waals surface area contributed by atoms with E-state index in [9.17, 15) is 9.59 Å². The standard InChI is InChI=1S/C25H29N3O3/c1-18(11-12-19-8-4-2-5-9-19)26-24(29)17-31-20-13-14-22-21(16-20)25(30)28-15-7-3-6-10-23(28)27-22/h2,4-5,8-9,13-14,16,18H,3,6-7,10-12,15,17H2,1H3,(H,26,29). The molecule has 1 aliphatic heterocycles. The molecule has 31 heavy (non-hydrogen) atoms. The first-order chi connectivity index (χ1) is 15.1. The lowest BCUT2D eigenvalue weighted by molar-refractivity contribution is -0.123. The Hall–Kier alpha value is -3.15. The molecule has 2 heterocycles. The molecule has 0 fully saturated rings. The molecule has 0 radical (unpaired) electrons. The molecule has 0 bridgehead atoms. The molecule has 3 aromatic rings. The molecule has 6 heteroatoms. The largest absolute Gasteiger partial charge is 0.484 e. The summed E-state index contributed by atoms with van der Waals surface area (Å²) in [5.74, 6) is 1.21. The summed E-state index contributed by atoms with van der Waals surface area (Å²) in [6, 6.07) is 15.6. The second-order valence-corrected chi connectivity index (χ2v) is 8.26. The van der Waals surface area contributed by atoms with E-state index in [1.54, 1.807) is 22.8 Å². The summed E-state index contributed by atoms with van der Waals surface area (Å²) >= 11 is 0. The van der Waals surface area contributed by atoms with Crippen molar-refractivity contribution in [2.75, 3.05) is 6.61 Å². The van der Waals surface area contributed by atoms with Crippen LogP contribution in [0.15, 0.2) is 53.3 Å². The summed E-state index contributed by atoms with van der Waals surface area (Å²) in [4.78, 5) is 29.9. The van der Waals surface area contributed by atoms with Crippen LogP contribution < -0.4 is 15.6 Å². The molecule has 162 valence electrons. The smallest absolute Gasteiger partial charge is 0.261 e. The molecule has 2 aromatic carbocycles. The fraction of sp³-hybridized carbons (Fsp3) is 0.400. The van der Waals surface area contributed by atoms with Crippen LogP contribution in [0.3, 0.4) is 0 Å². The minimum atomic E-state index is -0.169. The first-order valence-corrected chi connectivity index (χ1v) is 11.1. The minimum Gasteiger partial charge on any atom is -0.484 e. The van der Waals surface area contributed by atoms with Gasteiger partial charge >= 0.3 is 0 Å². The monoisotopic (exact) mass is 419 g/mol. The summed E-state index contributed by atoms with van der Waals surface area (Å²) in [6.45, 7) is 2.63. The van der Waals surface area contributed by atoms with Gasteiger partial charge < -0.3 is 10.1 Å². The van der Waals surface area contributed by atoms with Crippen molar-refractivity contribution in [1.82, 2.24) is 14.9 Å². The Kier molecular flexibility index (Phi) is 6.65. The van der Waals surface area contributed by atoms with Gasteiger partial charge in [-0.1, -0.05) is 36.8 Å². The average molecular weight is 420 g/mol. The van der Waals surface area contributed by atoms with Crippen molar-refractivity contribution in [1.29, 1.82) is 0 Å². The zero-order valence-electron chi connectivity index (χ0n) is 18.0. The van der Waals surface area contributed by atoms with Crippen molar-refractivity contribution in [2.45, 2.75) is 58.0 Å². The lowest BCUT2D eigenvalue weighted by Crippen LogP contribution is -2.36. The number of hydrogen-bond donors (Lipinski definition) is 1. The number of aryl methyl sites for hydroxylation is 2. The van der Waals surface area contributed by atoms with Gasteiger partial charge in [0.2, 0.25) is 0 Å². The number of ether oxygens (including phenoxy) is 1. The van der Waals surface area contributed by atoms with Crippen LogP contribution in [0.25, 0.3) is 10.9 Å². The highest BCUT2D eigenvalue weighted by atomic mass is 16.5. The number of rotatable bonds is 7. The predicted octanol–water partition coefficient (Wildman–Crippen LogP) is 3.64. The van der Waals surface area contributed by atoms with E-state index in [2.05, 4.69) is 22.4 Å². The van der Waals surface area contributed by atoms with Crippen LogP contribution in [0, 0.1) is 0 Å². The number of fused-ring (bicyclic) bond motifs is 2. The van der Waals surface area contributed by atoms with Crippen LogP contribution in [-0.4, -0.2) is 28.1 Å². The third-order valence-corrected chi connectivity index (χ3v) is 5.77. The fourth-order valence-corrected chi connectivity index (χ4v) is 4.05. The Balaban J connectivity index is 1.35. The van der Waals surface area contributed by atoms with Gasteiger partial charge in [0.15, 0.2) is 6.61 Å². The first kappa shape index (κ1) is 21.1. The third-order valence-electron chi connectivity index (χ3n) is 5.77. The number of nitrogens with one attached hydrogen (secondary N) is 1. The topological polar surface area (TPSA) is 73.2 Å². The summed E-state index contributed by atoms with van der Waals surface area (Å²) in [6.07, 6.45) is 5.80. The minimum absolute atomic E-state index is 0.0219. The van der Waals surface area contributed by atoms with E-state index in [0.717, 1.165) is 44.3 Å². The Bertz CT molecular complexity index is 1110. The lowest BCUT2D eigenvalue weighted by atomic mass is 10.1.